The minimum absolute atomic E-state index is 0. The second kappa shape index (κ2) is 4.18. The molecular weight excluding hydrogens is 269 g/mol. The summed E-state index contributed by atoms with van der Waals surface area (Å²) in [6.45, 7) is 0. The summed E-state index contributed by atoms with van der Waals surface area (Å²) in [4.78, 5) is 3.42. The van der Waals surface area contributed by atoms with E-state index in [0.717, 1.165) is 6.20 Å². The van der Waals surface area contributed by atoms with Crippen LogP contribution < -0.4 is 0 Å². The van der Waals surface area contributed by atoms with Crippen LogP contribution in [0.3, 0.4) is 0 Å². The zero-order valence-corrected chi connectivity index (χ0v) is 8.86. The van der Waals surface area contributed by atoms with Gasteiger partial charge in [0.15, 0.2) is 0 Å². The molecule has 0 aromatic carbocycles. The Bertz CT molecular complexity index is 349. The van der Waals surface area contributed by atoms with E-state index in [0.29, 0.717) is 4.60 Å². The number of rotatable bonds is 1. The van der Waals surface area contributed by atoms with Crippen LogP contribution in [0.5, 0.6) is 0 Å². The normalized spacial score (nSPS) is 10.5. The van der Waals surface area contributed by atoms with E-state index in [4.69, 9.17) is 4.55 Å². The maximum Gasteiger partial charge on any atom is 0.296 e. The van der Waals surface area contributed by atoms with Crippen molar-refractivity contribution in [1.82, 2.24) is 4.98 Å². The number of hydrogen-bond donors (Lipinski definition) is 1. The molecule has 0 atom stereocenters. The third-order valence-corrected chi connectivity index (χ3v) is 2.30. The summed E-state index contributed by atoms with van der Waals surface area (Å²) in [6, 6.07) is 2.69. The number of pyridine rings is 1. The zero-order chi connectivity index (χ0) is 8.48. The Hall–Kier alpha value is -0.170. The Kier molecular flexibility index (Phi) is 4.12. The Morgan fingerprint density at radius 2 is 2.00 bits per heavy atom. The van der Waals surface area contributed by atoms with Gasteiger partial charge in [-0.3, -0.25) is 4.55 Å². The Labute approximate surface area is 84.3 Å². The molecule has 0 aliphatic rings. The lowest BCUT2D eigenvalue weighted by Gasteiger charge is -1.93. The van der Waals surface area contributed by atoms with Gasteiger partial charge >= 0.3 is 0 Å². The predicted octanol–water partition coefficient (Wildman–Crippen LogP) is 1.51. The average molecular weight is 275 g/mol. The standard InChI is InChI=1S/C5H4BrNO3S.ClH/c6-5-2-1-4(3-7-5)11(8,9)10;/h1-3H,(H,8,9,10);1H. The molecule has 0 saturated heterocycles. The first kappa shape index (κ1) is 11.8. The fraction of sp³-hybridized carbons (Fsp3) is 0. The van der Waals surface area contributed by atoms with Crippen LogP contribution in [-0.4, -0.2) is 18.0 Å². The zero-order valence-electron chi connectivity index (χ0n) is 5.64. The van der Waals surface area contributed by atoms with E-state index in [1.165, 1.54) is 12.1 Å². The third kappa shape index (κ3) is 3.06. The van der Waals surface area contributed by atoms with Gasteiger partial charge in [0, 0.05) is 6.20 Å². The molecule has 0 fully saturated rings. The highest BCUT2D eigenvalue weighted by Gasteiger charge is 2.08. The summed E-state index contributed by atoms with van der Waals surface area (Å²) in [7, 11) is -4.10. The third-order valence-electron chi connectivity index (χ3n) is 0.998. The number of hydrogen-bond acceptors (Lipinski definition) is 3. The number of aromatic nitrogens is 1. The topological polar surface area (TPSA) is 67.3 Å². The first-order valence-corrected chi connectivity index (χ1v) is 4.82. The highest BCUT2D eigenvalue weighted by Crippen LogP contribution is 2.10. The van der Waals surface area contributed by atoms with Crippen LogP contribution in [0.1, 0.15) is 0 Å². The highest BCUT2D eigenvalue weighted by molar-refractivity contribution is 9.10. The van der Waals surface area contributed by atoms with E-state index >= 15 is 0 Å². The molecule has 0 spiro atoms. The number of halogens is 2. The Balaban J connectivity index is 0.00000121. The summed E-state index contributed by atoms with van der Waals surface area (Å²) in [6.07, 6.45) is 1.07. The van der Waals surface area contributed by atoms with Crippen molar-refractivity contribution < 1.29 is 13.0 Å². The van der Waals surface area contributed by atoms with Crippen molar-refractivity contribution >= 4 is 38.5 Å². The molecule has 0 aliphatic heterocycles. The lowest BCUT2D eigenvalue weighted by Crippen LogP contribution is -1.97. The van der Waals surface area contributed by atoms with Gasteiger partial charge in [-0.25, -0.2) is 4.98 Å². The molecule has 0 unspecified atom stereocenters. The first-order valence-electron chi connectivity index (χ1n) is 2.59. The minimum atomic E-state index is -4.10. The van der Waals surface area contributed by atoms with Crippen LogP contribution in [0.15, 0.2) is 27.8 Å². The Morgan fingerprint density at radius 3 is 2.33 bits per heavy atom. The maximum atomic E-state index is 10.4. The molecule has 1 heterocycles. The SMILES string of the molecule is Cl.O=S(=O)(O)c1ccc(Br)nc1. The molecular formula is C5H5BrClNO3S. The lowest BCUT2D eigenvalue weighted by molar-refractivity contribution is 0.482. The molecule has 1 rings (SSSR count). The molecule has 0 saturated carbocycles. The molecule has 1 aromatic heterocycles. The van der Waals surface area contributed by atoms with E-state index in [-0.39, 0.29) is 17.3 Å². The van der Waals surface area contributed by atoms with Crippen molar-refractivity contribution in [3.63, 3.8) is 0 Å². The van der Waals surface area contributed by atoms with Gasteiger partial charge in [-0.2, -0.15) is 8.42 Å². The average Bonchev–Trinajstić information content (AvgIpc) is 1.86. The molecule has 0 aliphatic carbocycles. The van der Waals surface area contributed by atoms with Crippen LogP contribution in [0.25, 0.3) is 0 Å². The van der Waals surface area contributed by atoms with Gasteiger partial charge in [-0.15, -0.1) is 12.4 Å². The van der Waals surface area contributed by atoms with E-state index in [1.54, 1.807) is 0 Å². The molecule has 0 radical (unpaired) electrons. The van der Waals surface area contributed by atoms with Gasteiger partial charge in [0.1, 0.15) is 9.50 Å². The van der Waals surface area contributed by atoms with Crippen LogP contribution in [0.4, 0.5) is 0 Å². The quantitative estimate of drug-likeness (QED) is 0.623. The van der Waals surface area contributed by atoms with E-state index in [9.17, 15) is 8.42 Å². The summed E-state index contributed by atoms with van der Waals surface area (Å²) >= 11 is 3.02. The monoisotopic (exact) mass is 273 g/mol. The predicted molar refractivity (Wildman–Crippen MR) is 49.0 cm³/mol. The van der Waals surface area contributed by atoms with Gasteiger partial charge in [0.25, 0.3) is 10.1 Å². The lowest BCUT2D eigenvalue weighted by atomic mass is 10.5. The molecule has 0 amide bonds. The molecule has 4 nitrogen and oxygen atoms in total. The van der Waals surface area contributed by atoms with Crippen LogP contribution in [0, 0.1) is 0 Å². The molecule has 0 bridgehead atoms. The van der Waals surface area contributed by atoms with Gasteiger partial charge in [-0.1, -0.05) is 0 Å². The second-order valence-corrected chi connectivity index (χ2v) is 4.03. The summed E-state index contributed by atoms with van der Waals surface area (Å²) in [5, 5.41) is 0. The second-order valence-electron chi connectivity index (χ2n) is 1.79. The minimum Gasteiger partial charge on any atom is -0.282 e. The fourth-order valence-electron chi connectivity index (χ4n) is 0.515. The first-order chi connectivity index (χ1) is 5.00. The van der Waals surface area contributed by atoms with Gasteiger partial charge in [-0.05, 0) is 28.1 Å². The molecule has 1 aromatic rings. The largest absolute Gasteiger partial charge is 0.296 e. The molecule has 68 valence electrons. The van der Waals surface area contributed by atoms with Gasteiger partial charge in [0.05, 0.1) is 0 Å². The summed E-state index contributed by atoms with van der Waals surface area (Å²) < 4.78 is 29.9. The Morgan fingerprint density at radius 1 is 1.42 bits per heavy atom. The molecule has 12 heavy (non-hydrogen) atoms. The van der Waals surface area contributed by atoms with Crippen molar-refractivity contribution in [2.45, 2.75) is 4.90 Å². The van der Waals surface area contributed by atoms with Crippen molar-refractivity contribution in [3.8, 4) is 0 Å². The van der Waals surface area contributed by atoms with E-state index < -0.39 is 10.1 Å². The molecule has 7 heteroatoms. The van der Waals surface area contributed by atoms with Crippen LogP contribution in [0.2, 0.25) is 0 Å². The smallest absolute Gasteiger partial charge is 0.282 e. The van der Waals surface area contributed by atoms with Gasteiger partial charge < -0.3 is 0 Å². The van der Waals surface area contributed by atoms with Gasteiger partial charge in [0.2, 0.25) is 0 Å². The van der Waals surface area contributed by atoms with Crippen molar-refractivity contribution in [1.29, 1.82) is 0 Å². The van der Waals surface area contributed by atoms with Crippen LogP contribution >= 0.6 is 28.3 Å². The van der Waals surface area contributed by atoms with E-state index in [2.05, 4.69) is 20.9 Å². The maximum absolute atomic E-state index is 10.4. The summed E-state index contributed by atoms with van der Waals surface area (Å²) in [5.41, 5.74) is 0. The van der Waals surface area contributed by atoms with Crippen molar-refractivity contribution in [2.24, 2.45) is 0 Å². The fourth-order valence-corrected chi connectivity index (χ4v) is 1.18. The van der Waals surface area contributed by atoms with Crippen molar-refractivity contribution in [2.75, 3.05) is 0 Å². The molecule has 1 N–H and O–H groups in total. The van der Waals surface area contributed by atoms with Crippen molar-refractivity contribution in [3.05, 3.63) is 22.9 Å². The number of nitrogens with zero attached hydrogens (tertiary/aromatic N) is 1. The summed E-state index contributed by atoms with van der Waals surface area (Å²) in [5.74, 6) is 0. The van der Waals surface area contributed by atoms with E-state index in [1.807, 2.05) is 0 Å². The highest BCUT2D eigenvalue weighted by atomic mass is 79.9. The van der Waals surface area contributed by atoms with Crippen LogP contribution in [-0.2, 0) is 10.1 Å².